The molecule has 0 saturated heterocycles. The van der Waals surface area contributed by atoms with Crippen LogP contribution in [0.3, 0.4) is 0 Å². The van der Waals surface area contributed by atoms with E-state index in [4.69, 9.17) is 14.6 Å². The molecule has 1 unspecified atom stereocenters. The molecule has 0 aromatic heterocycles. The van der Waals surface area contributed by atoms with Crippen molar-refractivity contribution in [3.63, 3.8) is 0 Å². The Labute approximate surface area is 92.8 Å². The Hall–Kier alpha value is -0.910. The normalized spacial score (nSPS) is 12.3. The molecule has 0 aliphatic heterocycles. The molecule has 1 rings (SSSR count). The summed E-state index contributed by atoms with van der Waals surface area (Å²) in [5.41, 5.74) is -0.817. The van der Waals surface area contributed by atoms with Crippen LogP contribution in [0.1, 0.15) is 0 Å². The third kappa shape index (κ3) is 3.30. The van der Waals surface area contributed by atoms with Crippen molar-refractivity contribution < 1.29 is 19.7 Å². The van der Waals surface area contributed by atoms with Crippen molar-refractivity contribution in [2.45, 2.75) is 10.3 Å². The maximum absolute atomic E-state index is 9.24. The average Bonchev–Trinajstić information content (AvgIpc) is 2.28. The van der Waals surface area contributed by atoms with E-state index in [2.05, 4.69) is 0 Å². The predicted molar refractivity (Wildman–Crippen MR) is 58.5 cm³/mol. The van der Waals surface area contributed by atoms with E-state index >= 15 is 0 Å². The number of hydrogen-bond donors (Lipinski definition) is 2. The Morgan fingerprint density at radius 2 is 1.93 bits per heavy atom. The number of ether oxygens (including phenoxy) is 2. The Bertz CT molecular complexity index is 316. The van der Waals surface area contributed by atoms with Gasteiger partial charge in [0.15, 0.2) is 11.5 Å². The summed E-state index contributed by atoms with van der Waals surface area (Å²) in [4.78, 5) is 0.814. The van der Waals surface area contributed by atoms with Crippen molar-refractivity contribution in [2.75, 3.05) is 20.8 Å². The van der Waals surface area contributed by atoms with Crippen LogP contribution in [0, 0.1) is 0 Å². The highest BCUT2D eigenvalue weighted by atomic mass is 32.2. The average molecular weight is 230 g/mol. The van der Waals surface area contributed by atoms with Gasteiger partial charge in [0.1, 0.15) is 5.44 Å². The van der Waals surface area contributed by atoms with Gasteiger partial charge in [-0.25, -0.2) is 0 Å². The van der Waals surface area contributed by atoms with Crippen molar-refractivity contribution in [3.05, 3.63) is 18.2 Å². The first-order valence-electron chi connectivity index (χ1n) is 4.39. The van der Waals surface area contributed by atoms with Crippen LogP contribution in [-0.4, -0.2) is 36.5 Å². The number of benzene rings is 1. The minimum Gasteiger partial charge on any atom is -0.493 e. The molecular formula is C10H14O4S. The van der Waals surface area contributed by atoms with Gasteiger partial charge in [0.2, 0.25) is 0 Å². The molecule has 0 amide bonds. The molecule has 0 fully saturated rings. The first-order valence-corrected chi connectivity index (χ1v) is 5.26. The van der Waals surface area contributed by atoms with Crippen molar-refractivity contribution in [1.29, 1.82) is 0 Å². The van der Waals surface area contributed by atoms with Gasteiger partial charge in [-0.1, -0.05) is 11.8 Å². The fraction of sp³-hybridized carbons (Fsp3) is 0.400. The Morgan fingerprint density at radius 3 is 2.47 bits per heavy atom. The quantitative estimate of drug-likeness (QED) is 0.586. The van der Waals surface area contributed by atoms with E-state index in [1.807, 2.05) is 0 Å². The van der Waals surface area contributed by atoms with Gasteiger partial charge < -0.3 is 19.7 Å². The lowest BCUT2D eigenvalue weighted by Crippen LogP contribution is -2.05. The maximum atomic E-state index is 9.24. The summed E-state index contributed by atoms with van der Waals surface area (Å²) < 4.78 is 10.2. The molecule has 0 spiro atoms. The second-order valence-electron chi connectivity index (χ2n) is 2.77. The van der Waals surface area contributed by atoms with E-state index in [0.29, 0.717) is 11.5 Å². The number of aliphatic hydroxyl groups is 2. The zero-order valence-corrected chi connectivity index (χ0v) is 9.45. The monoisotopic (exact) mass is 230 g/mol. The molecule has 84 valence electrons. The number of rotatable bonds is 5. The summed E-state index contributed by atoms with van der Waals surface area (Å²) in [7, 11) is 3.11. The molecule has 5 heteroatoms. The molecule has 0 saturated carbocycles. The molecule has 0 bridgehead atoms. The van der Waals surface area contributed by atoms with Gasteiger partial charge in [-0.15, -0.1) is 0 Å². The molecule has 15 heavy (non-hydrogen) atoms. The first-order chi connectivity index (χ1) is 7.21. The summed E-state index contributed by atoms with van der Waals surface area (Å²) in [5.74, 6) is 1.24. The van der Waals surface area contributed by atoms with Crippen molar-refractivity contribution in [3.8, 4) is 11.5 Å². The molecular weight excluding hydrogens is 216 g/mol. The Morgan fingerprint density at radius 1 is 1.27 bits per heavy atom. The lowest BCUT2D eigenvalue weighted by molar-refractivity contribution is 0.160. The third-order valence-electron chi connectivity index (χ3n) is 1.78. The standard InChI is InChI=1S/C10H14O4S/c1-13-8-4-3-7(5-9(8)14-2)15-10(12)6-11/h3-5,10-12H,6H2,1-2H3. The Kier molecular flexibility index (Phi) is 4.74. The first kappa shape index (κ1) is 12.2. The second-order valence-corrected chi connectivity index (χ2v) is 4.02. The summed E-state index contributed by atoms with van der Waals surface area (Å²) in [6, 6.07) is 5.30. The zero-order valence-electron chi connectivity index (χ0n) is 8.64. The summed E-state index contributed by atoms with van der Waals surface area (Å²) in [5, 5.41) is 17.9. The minimum atomic E-state index is -0.817. The van der Waals surface area contributed by atoms with Crippen LogP contribution < -0.4 is 9.47 Å². The van der Waals surface area contributed by atoms with Gasteiger partial charge in [0.25, 0.3) is 0 Å². The SMILES string of the molecule is COc1ccc(SC(O)CO)cc1OC. The van der Waals surface area contributed by atoms with Crippen LogP contribution in [0.4, 0.5) is 0 Å². The van der Waals surface area contributed by atoms with Crippen molar-refractivity contribution in [1.82, 2.24) is 0 Å². The highest BCUT2D eigenvalue weighted by Crippen LogP contribution is 2.32. The molecule has 1 aromatic rings. The fourth-order valence-corrected chi connectivity index (χ4v) is 1.79. The van der Waals surface area contributed by atoms with Gasteiger partial charge in [-0.05, 0) is 18.2 Å². The smallest absolute Gasteiger partial charge is 0.161 e. The molecule has 0 heterocycles. The van der Waals surface area contributed by atoms with Gasteiger partial charge >= 0.3 is 0 Å². The van der Waals surface area contributed by atoms with E-state index in [-0.39, 0.29) is 6.61 Å². The zero-order chi connectivity index (χ0) is 11.3. The predicted octanol–water partition coefficient (Wildman–Crippen LogP) is 1.11. The number of thioether (sulfide) groups is 1. The molecule has 1 atom stereocenters. The van der Waals surface area contributed by atoms with Gasteiger partial charge in [0.05, 0.1) is 20.8 Å². The second kappa shape index (κ2) is 5.85. The molecule has 4 nitrogen and oxygen atoms in total. The summed E-state index contributed by atoms with van der Waals surface area (Å²) in [6.45, 7) is -0.279. The maximum Gasteiger partial charge on any atom is 0.161 e. The lowest BCUT2D eigenvalue weighted by Gasteiger charge is -2.10. The highest BCUT2D eigenvalue weighted by Gasteiger charge is 2.08. The molecule has 2 N–H and O–H groups in total. The number of hydrogen-bond acceptors (Lipinski definition) is 5. The van der Waals surface area contributed by atoms with E-state index < -0.39 is 5.44 Å². The van der Waals surface area contributed by atoms with Crippen LogP contribution in [0.15, 0.2) is 23.1 Å². The van der Waals surface area contributed by atoms with Gasteiger partial charge in [-0.3, -0.25) is 0 Å². The Balaban J connectivity index is 2.83. The van der Waals surface area contributed by atoms with E-state index in [0.717, 1.165) is 16.7 Å². The van der Waals surface area contributed by atoms with E-state index in [9.17, 15) is 5.11 Å². The van der Waals surface area contributed by atoms with Crippen LogP contribution in [-0.2, 0) is 0 Å². The third-order valence-corrected chi connectivity index (χ3v) is 2.73. The summed E-state index contributed by atoms with van der Waals surface area (Å²) in [6.07, 6.45) is 0. The van der Waals surface area contributed by atoms with Crippen LogP contribution in [0.5, 0.6) is 11.5 Å². The summed E-state index contributed by atoms with van der Waals surface area (Å²) >= 11 is 1.16. The fourth-order valence-electron chi connectivity index (χ4n) is 1.08. The van der Waals surface area contributed by atoms with Gasteiger partial charge in [0, 0.05) is 4.90 Å². The largest absolute Gasteiger partial charge is 0.493 e. The highest BCUT2D eigenvalue weighted by molar-refractivity contribution is 7.99. The van der Waals surface area contributed by atoms with E-state index in [1.165, 1.54) is 0 Å². The van der Waals surface area contributed by atoms with Crippen LogP contribution in [0.25, 0.3) is 0 Å². The molecule has 0 aliphatic rings. The van der Waals surface area contributed by atoms with Crippen molar-refractivity contribution in [2.24, 2.45) is 0 Å². The number of methoxy groups -OCH3 is 2. The minimum absolute atomic E-state index is 0.279. The lowest BCUT2D eigenvalue weighted by atomic mass is 10.3. The molecule has 0 aliphatic carbocycles. The van der Waals surface area contributed by atoms with Gasteiger partial charge in [-0.2, -0.15) is 0 Å². The van der Waals surface area contributed by atoms with Crippen LogP contribution in [0.2, 0.25) is 0 Å². The topological polar surface area (TPSA) is 58.9 Å². The van der Waals surface area contributed by atoms with Crippen molar-refractivity contribution >= 4 is 11.8 Å². The van der Waals surface area contributed by atoms with Crippen LogP contribution >= 0.6 is 11.8 Å². The van der Waals surface area contributed by atoms with E-state index in [1.54, 1.807) is 32.4 Å². The molecule has 0 radical (unpaired) electrons. The number of aliphatic hydroxyl groups excluding tert-OH is 2. The molecule has 1 aromatic carbocycles.